The fourth-order valence-corrected chi connectivity index (χ4v) is 2.19. The molecular formula is C9H19N5OS. The maximum Gasteiger partial charge on any atom is 0.230 e. The standard InChI is InChI=1S/C9H19N5OS/c1-5(2)12-8(15)4-16-9-13-6(10)3-7(11)14-9/h5-6,9,13H,3-4,10H2,1-2H3,(H2,11,14)(H,12,15). The molecule has 1 heterocycles. The van der Waals surface area contributed by atoms with Crippen molar-refractivity contribution in [2.45, 2.75) is 38.0 Å². The second kappa shape index (κ2) is 6.07. The van der Waals surface area contributed by atoms with E-state index in [0.29, 0.717) is 18.0 Å². The molecule has 0 spiro atoms. The molecule has 0 radical (unpaired) electrons. The number of amidine groups is 1. The molecule has 0 bridgehead atoms. The number of hydrogen-bond donors (Lipinski definition) is 4. The van der Waals surface area contributed by atoms with Gasteiger partial charge in [0.2, 0.25) is 5.91 Å². The van der Waals surface area contributed by atoms with Crippen LogP contribution in [0.3, 0.4) is 0 Å². The van der Waals surface area contributed by atoms with Crippen molar-refractivity contribution in [1.29, 1.82) is 0 Å². The molecule has 6 nitrogen and oxygen atoms in total. The summed E-state index contributed by atoms with van der Waals surface area (Å²) in [5.74, 6) is 0.877. The number of carbonyl (C=O) groups excluding carboxylic acids is 1. The van der Waals surface area contributed by atoms with E-state index < -0.39 is 0 Å². The van der Waals surface area contributed by atoms with E-state index in [1.165, 1.54) is 11.8 Å². The lowest BCUT2D eigenvalue weighted by molar-refractivity contribution is -0.119. The Hall–Kier alpha value is -0.790. The van der Waals surface area contributed by atoms with E-state index in [4.69, 9.17) is 11.5 Å². The van der Waals surface area contributed by atoms with Gasteiger partial charge in [0.1, 0.15) is 0 Å². The molecule has 0 aromatic heterocycles. The van der Waals surface area contributed by atoms with Crippen molar-refractivity contribution in [2.75, 3.05) is 5.75 Å². The molecule has 0 saturated carbocycles. The van der Waals surface area contributed by atoms with Gasteiger partial charge in [-0.2, -0.15) is 0 Å². The normalized spacial score (nSPS) is 25.4. The highest BCUT2D eigenvalue weighted by Gasteiger charge is 2.19. The van der Waals surface area contributed by atoms with E-state index in [-0.39, 0.29) is 23.6 Å². The Morgan fingerprint density at radius 1 is 1.75 bits per heavy atom. The maximum atomic E-state index is 11.4. The minimum absolute atomic E-state index is 0.00489. The lowest BCUT2D eigenvalue weighted by atomic mass is 10.3. The second-order valence-corrected chi connectivity index (χ2v) is 5.05. The van der Waals surface area contributed by atoms with Gasteiger partial charge < -0.3 is 16.8 Å². The molecule has 0 aromatic rings. The predicted octanol–water partition coefficient (Wildman–Crippen LogP) is -0.837. The summed E-state index contributed by atoms with van der Waals surface area (Å²) in [6.07, 6.45) is 0.373. The first-order valence-corrected chi connectivity index (χ1v) is 6.27. The Morgan fingerprint density at radius 2 is 2.44 bits per heavy atom. The van der Waals surface area contributed by atoms with Crippen molar-refractivity contribution in [1.82, 2.24) is 10.6 Å². The van der Waals surface area contributed by atoms with E-state index in [2.05, 4.69) is 15.6 Å². The van der Waals surface area contributed by atoms with Crippen molar-refractivity contribution >= 4 is 23.5 Å². The number of rotatable bonds is 4. The zero-order chi connectivity index (χ0) is 12.1. The van der Waals surface area contributed by atoms with Crippen LogP contribution in [0.2, 0.25) is 0 Å². The first-order valence-electron chi connectivity index (χ1n) is 5.22. The largest absolute Gasteiger partial charge is 0.387 e. The summed E-state index contributed by atoms with van der Waals surface area (Å²) < 4.78 is 0. The van der Waals surface area contributed by atoms with Crippen LogP contribution in [0.15, 0.2) is 4.99 Å². The van der Waals surface area contributed by atoms with Crippen LogP contribution in [0, 0.1) is 0 Å². The Bertz CT molecular complexity index is 281. The third-order valence-electron chi connectivity index (χ3n) is 1.89. The quantitative estimate of drug-likeness (QED) is 0.517. The number of aliphatic imine (C=N–C) groups is 1. The average molecular weight is 245 g/mol. The Kier molecular flexibility index (Phi) is 5.04. The molecule has 0 aliphatic carbocycles. The first kappa shape index (κ1) is 13.3. The van der Waals surface area contributed by atoms with Gasteiger partial charge >= 0.3 is 0 Å². The zero-order valence-electron chi connectivity index (χ0n) is 9.56. The smallest absolute Gasteiger partial charge is 0.230 e. The van der Waals surface area contributed by atoms with Crippen LogP contribution >= 0.6 is 11.8 Å². The lowest BCUT2D eigenvalue weighted by Crippen LogP contribution is -2.49. The van der Waals surface area contributed by atoms with E-state index in [0.717, 1.165) is 0 Å². The van der Waals surface area contributed by atoms with Crippen molar-refractivity contribution in [2.24, 2.45) is 16.5 Å². The third-order valence-corrected chi connectivity index (χ3v) is 2.88. The Balaban J connectivity index is 2.32. The van der Waals surface area contributed by atoms with Gasteiger partial charge in [-0.3, -0.25) is 10.1 Å². The molecule has 7 heteroatoms. The fourth-order valence-electron chi connectivity index (χ4n) is 1.31. The monoisotopic (exact) mass is 245 g/mol. The molecule has 0 fully saturated rings. The average Bonchev–Trinajstić information content (AvgIpc) is 2.12. The second-order valence-electron chi connectivity index (χ2n) is 3.98. The number of thioether (sulfide) groups is 1. The molecule has 6 N–H and O–H groups in total. The Labute approximate surface area is 99.6 Å². The highest BCUT2D eigenvalue weighted by atomic mass is 32.2. The predicted molar refractivity (Wildman–Crippen MR) is 66.9 cm³/mol. The fraction of sp³-hybridized carbons (Fsp3) is 0.778. The van der Waals surface area contributed by atoms with Crippen LogP contribution in [0.1, 0.15) is 20.3 Å². The zero-order valence-corrected chi connectivity index (χ0v) is 10.4. The van der Waals surface area contributed by atoms with Gasteiger partial charge in [0.25, 0.3) is 0 Å². The molecule has 2 atom stereocenters. The van der Waals surface area contributed by atoms with Crippen LogP contribution in [0.25, 0.3) is 0 Å². The van der Waals surface area contributed by atoms with Crippen molar-refractivity contribution in [3.05, 3.63) is 0 Å². The minimum atomic E-state index is -0.221. The van der Waals surface area contributed by atoms with Crippen molar-refractivity contribution < 1.29 is 4.79 Å². The van der Waals surface area contributed by atoms with Gasteiger partial charge in [-0.25, -0.2) is 4.99 Å². The van der Waals surface area contributed by atoms with E-state index in [1.807, 2.05) is 13.8 Å². The molecule has 2 unspecified atom stereocenters. The topological polar surface area (TPSA) is 106 Å². The van der Waals surface area contributed by atoms with Gasteiger partial charge in [0.05, 0.1) is 17.8 Å². The van der Waals surface area contributed by atoms with Crippen LogP contribution in [0.5, 0.6) is 0 Å². The number of nitrogens with one attached hydrogen (secondary N) is 2. The maximum absolute atomic E-state index is 11.4. The summed E-state index contributed by atoms with van der Waals surface area (Å²) in [5.41, 5.74) is 11.1. The molecule has 0 aromatic carbocycles. The number of nitrogens with two attached hydrogens (primary N) is 2. The highest BCUT2D eigenvalue weighted by Crippen LogP contribution is 2.13. The lowest BCUT2D eigenvalue weighted by Gasteiger charge is -2.24. The van der Waals surface area contributed by atoms with Gasteiger partial charge in [0, 0.05) is 12.5 Å². The molecule has 1 rings (SSSR count). The minimum Gasteiger partial charge on any atom is -0.387 e. The Morgan fingerprint density at radius 3 is 3.00 bits per heavy atom. The van der Waals surface area contributed by atoms with E-state index in [9.17, 15) is 4.79 Å². The summed E-state index contributed by atoms with van der Waals surface area (Å²) in [6.45, 7) is 3.85. The van der Waals surface area contributed by atoms with Crippen molar-refractivity contribution in [3.63, 3.8) is 0 Å². The molecule has 16 heavy (non-hydrogen) atoms. The first-order chi connectivity index (χ1) is 7.47. The van der Waals surface area contributed by atoms with E-state index >= 15 is 0 Å². The van der Waals surface area contributed by atoms with E-state index in [1.54, 1.807) is 0 Å². The third kappa shape index (κ3) is 4.82. The van der Waals surface area contributed by atoms with Crippen LogP contribution < -0.4 is 22.1 Å². The van der Waals surface area contributed by atoms with Gasteiger partial charge in [-0.15, -0.1) is 11.8 Å². The van der Waals surface area contributed by atoms with Crippen LogP contribution in [-0.4, -0.2) is 35.2 Å². The van der Waals surface area contributed by atoms with Crippen LogP contribution in [0.4, 0.5) is 0 Å². The number of amides is 1. The molecular weight excluding hydrogens is 226 g/mol. The molecule has 1 amide bonds. The number of carbonyl (C=O) groups is 1. The summed E-state index contributed by atoms with van der Waals surface area (Å²) in [5, 5.41) is 5.85. The summed E-state index contributed by atoms with van der Waals surface area (Å²) >= 11 is 1.38. The molecule has 1 aliphatic heterocycles. The summed E-state index contributed by atoms with van der Waals surface area (Å²) in [6, 6.07) is 0.156. The van der Waals surface area contributed by atoms with Gasteiger partial charge in [-0.1, -0.05) is 0 Å². The molecule has 92 valence electrons. The van der Waals surface area contributed by atoms with Crippen LogP contribution in [-0.2, 0) is 4.79 Å². The SMILES string of the molecule is CC(C)NC(=O)CSC1N=C(N)CC(N)N1. The van der Waals surface area contributed by atoms with Gasteiger partial charge in [0.15, 0.2) is 5.50 Å². The number of nitrogens with zero attached hydrogens (tertiary/aromatic N) is 1. The summed E-state index contributed by atoms with van der Waals surface area (Å²) in [7, 11) is 0. The van der Waals surface area contributed by atoms with Crippen molar-refractivity contribution in [3.8, 4) is 0 Å². The number of hydrogen-bond acceptors (Lipinski definition) is 6. The molecule has 0 saturated heterocycles. The summed E-state index contributed by atoms with van der Waals surface area (Å²) in [4.78, 5) is 15.6. The van der Waals surface area contributed by atoms with Gasteiger partial charge in [-0.05, 0) is 13.8 Å². The highest BCUT2D eigenvalue weighted by molar-refractivity contribution is 8.00. The molecule has 1 aliphatic rings.